The number of hydrogen-bond donors (Lipinski definition) is 2. The molecule has 1 saturated heterocycles. The van der Waals surface area contributed by atoms with E-state index in [2.05, 4.69) is 0 Å². The lowest BCUT2D eigenvalue weighted by atomic mass is 9.84. The van der Waals surface area contributed by atoms with Crippen LogP contribution in [0.2, 0.25) is 0 Å². The smallest absolute Gasteiger partial charge is 0.311 e. The van der Waals surface area contributed by atoms with Crippen LogP contribution in [0.1, 0.15) is 30.1 Å². The van der Waals surface area contributed by atoms with Gasteiger partial charge in [0.15, 0.2) is 0 Å². The van der Waals surface area contributed by atoms with Crippen molar-refractivity contribution in [1.82, 2.24) is 0 Å². The number of halogens is 1. The van der Waals surface area contributed by atoms with Crippen LogP contribution in [0, 0.1) is 11.2 Å². The van der Waals surface area contributed by atoms with E-state index < -0.39 is 23.1 Å². The summed E-state index contributed by atoms with van der Waals surface area (Å²) in [5.41, 5.74) is 5.03. The van der Waals surface area contributed by atoms with E-state index >= 15 is 0 Å². The molecule has 1 fully saturated rings. The van der Waals surface area contributed by atoms with Gasteiger partial charge in [0, 0.05) is 18.8 Å². The van der Waals surface area contributed by atoms with Crippen LogP contribution in [0.15, 0.2) is 18.2 Å². The first-order valence-corrected chi connectivity index (χ1v) is 6.47. The highest BCUT2D eigenvalue weighted by atomic mass is 19.1. The summed E-state index contributed by atoms with van der Waals surface area (Å²) in [6.45, 7) is 2.63. The third-order valence-electron chi connectivity index (χ3n) is 4.05. The highest BCUT2D eigenvalue weighted by Gasteiger charge is 2.43. The van der Waals surface area contributed by atoms with Crippen molar-refractivity contribution in [2.75, 3.05) is 18.0 Å². The van der Waals surface area contributed by atoms with Crippen molar-refractivity contribution >= 4 is 17.6 Å². The third-order valence-corrected chi connectivity index (χ3v) is 4.05. The number of benzene rings is 1. The molecule has 1 amide bonds. The zero-order valence-electron chi connectivity index (χ0n) is 11.2. The second-order valence-electron chi connectivity index (χ2n) is 5.14. The van der Waals surface area contributed by atoms with Crippen LogP contribution in [0.25, 0.3) is 0 Å². The molecule has 0 saturated carbocycles. The minimum absolute atomic E-state index is 0.0855. The Morgan fingerprint density at radius 3 is 2.70 bits per heavy atom. The predicted molar refractivity (Wildman–Crippen MR) is 72.1 cm³/mol. The largest absolute Gasteiger partial charge is 0.481 e. The zero-order valence-corrected chi connectivity index (χ0v) is 11.2. The Balaban J connectivity index is 2.35. The first-order chi connectivity index (χ1) is 9.39. The molecule has 20 heavy (non-hydrogen) atoms. The molecule has 0 spiro atoms. The molecule has 2 rings (SSSR count). The normalized spacial score (nSPS) is 22.0. The van der Waals surface area contributed by atoms with Gasteiger partial charge in [-0.05, 0) is 31.0 Å². The molecule has 0 aliphatic carbocycles. The number of carboxylic acids is 1. The molecule has 1 atom stereocenters. The van der Waals surface area contributed by atoms with Gasteiger partial charge in [0.2, 0.25) is 0 Å². The number of aliphatic carboxylic acids is 1. The Morgan fingerprint density at radius 2 is 2.20 bits per heavy atom. The number of anilines is 1. The summed E-state index contributed by atoms with van der Waals surface area (Å²) in [5.74, 6) is -2.10. The summed E-state index contributed by atoms with van der Waals surface area (Å²) in [4.78, 5) is 24.6. The topological polar surface area (TPSA) is 83.6 Å². The molecule has 6 heteroatoms. The van der Waals surface area contributed by atoms with Crippen LogP contribution < -0.4 is 10.6 Å². The van der Waals surface area contributed by atoms with E-state index in [1.54, 1.807) is 4.90 Å². The Labute approximate surface area is 116 Å². The number of carbonyl (C=O) groups is 2. The van der Waals surface area contributed by atoms with Crippen molar-refractivity contribution in [2.45, 2.75) is 19.8 Å². The molecular formula is C14H17FN2O3. The SMILES string of the molecule is CCC1(C(=O)O)CCN(c2ccc(F)cc2C(N)=O)C1. The van der Waals surface area contributed by atoms with Crippen molar-refractivity contribution in [1.29, 1.82) is 0 Å². The molecule has 0 aromatic heterocycles. The lowest BCUT2D eigenvalue weighted by Gasteiger charge is -2.25. The van der Waals surface area contributed by atoms with Crippen LogP contribution in [-0.2, 0) is 4.79 Å². The predicted octanol–water partition coefficient (Wildman–Crippen LogP) is 1.62. The molecule has 108 valence electrons. The van der Waals surface area contributed by atoms with Crippen molar-refractivity contribution in [2.24, 2.45) is 11.1 Å². The average Bonchev–Trinajstić information content (AvgIpc) is 2.84. The average molecular weight is 280 g/mol. The monoisotopic (exact) mass is 280 g/mol. The highest BCUT2D eigenvalue weighted by molar-refractivity contribution is 5.99. The van der Waals surface area contributed by atoms with Crippen molar-refractivity contribution < 1.29 is 19.1 Å². The van der Waals surface area contributed by atoms with E-state index in [0.29, 0.717) is 31.6 Å². The fourth-order valence-corrected chi connectivity index (χ4v) is 2.67. The summed E-state index contributed by atoms with van der Waals surface area (Å²) >= 11 is 0. The Bertz CT molecular complexity index is 561. The second kappa shape index (κ2) is 5.11. The summed E-state index contributed by atoms with van der Waals surface area (Å²) in [5, 5.41) is 9.37. The van der Waals surface area contributed by atoms with Crippen molar-refractivity contribution in [3.8, 4) is 0 Å². The number of hydrogen-bond acceptors (Lipinski definition) is 3. The van der Waals surface area contributed by atoms with Gasteiger partial charge in [-0.2, -0.15) is 0 Å². The number of nitrogens with two attached hydrogens (primary N) is 1. The van der Waals surface area contributed by atoms with Gasteiger partial charge in [-0.3, -0.25) is 9.59 Å². The van der Waals surface area contributed by atoms with Crippen LogP contribution >= 0.6 is 0 Å². The van der Waals surface area contributed by atoms with Crippen molar-refractivity contribution in [3.63, 3.8) is 0 Å². The summed E-state index contributed by atoms with van der Waals surface area (Å²) in [6.07, 6.45) is 1.00. The van der Waals surface area contributed by atoms with Crippen molar-refractivity contribution in [3.05, 3.63) is 29.6 Å². The highest BCUT2D eigenvalue weighted by Crippen LogP contribution is 2.37. The molecule has 5 nitrogen and oxygen atoms in total. The molecular weight excluding hydrogens is 263 g/mol. The third kappa shape index (κ3) is 2.33. The minimum atomic E-state index is -0.842. The number of nitrogens with zero attached hydrogens (tertiary/aromatic N) is 1. The molecule has 1 aromatic rings. The molecule has 0 bridgehead atoms. The van der Waals surface area contributed by atoms with Gasteiger partial charge in [0.1, 0.15) is 5.82 Å². The van der Waals surface area contributed by atoms with E-state index in [-0.39, 0.29) is 5.56 Å². The zero-order chi connectivity index (χ0) is 14.9. The maximum Gasteiger partial charge on any atom is 0.311 e. The van der Waals surface area contributed by atoms with E-state index in [1.165, 1.54) is 12.1 Å². The van der Waals surface area contributed by atoms with Gasteiger partial charge < -0.3 is 15.7 Å². The second-order valence-corrected chi connectivity index (χ2v) is 5.14. The fourth-order valence-electron chi connectivity index (χ4n) is 2.67. The van der Waals surface area contributed by atoms with Gasteiger partial charge in [-0.25, -0.2) is 4.39 Å². The lowest BCUT2D eigenvalue weighted by molar-refractivity contribution is -0.147. The molecule has 1 heterocycles. The van der Waals surface area contributed by atoms with Gasteiger partial charge in [0.05, 0.1) is 11.0 Å². The lowest BCUT2D eigenvalue weighted by Crippen LogP contribution is -2.34. The first-order valence-electron chi connectivity index (χ1n) is 6.47. The molecule has 0 radical (unpaired) electrons. The van der Waals surface area contributed by atoms with Crippen LogP contribution in [0.5, 0.6) is 0 Å². The summed E-state index contributed by atoms with van der Waals surface area (Å²) < 4.78 is 13.2. The number of carboxylic acid groups (broad SMARTS) is 1. The number of carbonyl (C=O) groups excluding carboxylic acids is 1. The van der Waals surface area contributed by atoms with E-state index in [4.69, 9.17) is 5.73 Å². The Morgan fingerprint density at radius 1 is 1.50 bits per heavy atom. The number of amides is 1. The maximum atomic E-state index is 13.2. The van der Waals surface area contributed by atoms with E-state index in [0.717, 1.165) is 6.07 Å². The standard InChI is InChI=1S/C14H17FN2O3/c1-2-14(13(19)20)5-6-17(8-14)11-4-3-9(15)7-10(11)12(16)18/h3-4,7H,2,5-6,8H2,1H3,(H2,16,18)(H,19,20). The Kier molecular flexibility index (Phi) is 3.65. The van der Waals surface area contributed by atoms with E-state index in [9.17, 15) is 19.1 Å². The molecule has 1 aliphatic rings. The van der Waals surface area contributed by atoms with Gasteiger partial charge in [-0.1, -0.05) is 6.92 Å². The van der Waals surface area contributed by atoms with Gasteiger partial charge in [0.25, 0.3) is 5.91 Å². The van der Waals surface area contributed by atoms with Crippen LogP contribution in [0.3, 0.4) is 0 Å². The molecule has 3 N–H and O–H groups in total. The Hall–Kier alpha value is -2.11. The first kappa shape index (κ1) is 14.3. The molecule has 1 aliphatic heterocycles. The van der Waals surface area contributed by atoms with Crippen LogP contribution in [-0.4, -0.2) is 30.1 Å². The summed E-state index contributed by atoms with van der Waals surface area (Å²) in [6, 6.07) is 3.81. The van der Waals surface area contributed by atoms with Crippen LogP contribution in [0.4, 0.5) is 10.1 Å². The number of primary amides is 1. The molecule has 1 aromatic carbocycles. The fraction of sp³-hybridized carbons (Fsp3) is 0.429. The van der Waals surface area contributed by atoms with Gasteiger partial charge >= 0.3 is 5.97 Å². The minimum Gasteiger partial charge on any atom is -0.481 e. The van der Waals surface area contributed by atoms with E-state index in [1.807, 2.05) is 6.92 Å². The maximum absolute atomic E-state index is 13.2. The summed E-state index contributed by atoms with van der Waals surface area (Å²) in [7, 11) is 0. The van der Waals surface area contributed by atoms with Gasteiger partial charge in [-0.15, -0.1) is 0 Å². The number of rotatable bonds is 4. The molecule has 1 unspecified atom stereocenters. The quantitative estimate of drug-likeness (QED) is 0.877.